The molecule has 0 saturated heterocycles. The van der Waals surface area contributed by atoms with Crippen molar-refractivity contribution in [2.45, 2.75) is 5.41 Å². The van der Waals surface area contributed by atoms with Crippen molar-refractivity contribution in [3.63, 3.8) is 0 Å². The van der Waals surface area contributed by atoms with Gasteiger partial charge in [-0.3, -0.25) is 0 Å². The highest BCUT2D eigenvalue weighted by Crippen LogP contribution is 2.50. The van der Waals surface area contributed by atoms with Gasteiger partial charge in [-0.05, 0) is 11.1 Å². The van der Waals surface area contributed by atoms with E-state index in [0.717, 1.165) is 24.3 Å². The molecular weight excluding hydrogens is 490 g/mol. The molecule has 0 atom stereocenters. The molecule has 0 aliphatic rings. The van der Waals surface area contributed by atoms with Gasteiger partial charge in [0.1, 0.15) is 0 Å². The molecular formula is C25H10F10. The lowest BCUT2D eigenvalue weighted by Gasteiger charge is -2.37. The van der Waals surface area contributed by atoms with Gasteiger partial charge < -0.3 is 0 Å². The van der Waals surface area contributed by atoms with E-state index in [1.165, 1.54) is 36.4 Å². The minimum atomic E-state index is -3.21. The summed E-state index contributed by atoms with van der Waals surface area (Å²) in [7, 11) is 0. The van der Waals surface area contributed by atoms with E-state index >= 15 is 17.6 Å². The van der Waals surface area contributed by atoms with Gasteiger partial charge in [-0.15, -0.1) is 0 Å². The molecule has 0 amide bonds. The highest BCUT2D eigenvalue weighted by atomic mass is 19.2. The first-order valence-corrected chi connectivity index (χ1v) is 9.71. The third-order valence-corrected chi connectivity index (χ3v) is 5.58. The maximum Gasteiger partial charge on any atom is 0.200 e. The molecule has 180 valence electrons. The van der Waals surface area contributed by atoms with Crippen molar-refractivity contribution in [2.24, 2.45) is 0 Å². The van der Waals surface area contributed by atoms with Crippen LogP contribution in [0.5, 0.6) is 0 Å². The van der Waals surface area contributed by atoms with Crippen LogP contribution in [0.3, 0.4) is 0 Å². The maximum absolute atomic E-state index is 15.3. The lowest BCUT2D eigenvalue weighted by molar-refractivity contribution is 0.346. The SMILES string of the molecule is Fc1c(F)c(F)c(C(c2ccccc2)(c2ccccc2)c2c(F)c(F)c(F)c(F)c2F)c(F)c1F. The van der Waals surface area contributed by atoms with Crippen LogP contribution in [0.1, 0.15) is 22.3 Å². The van der Waals surface area contributed by atoms with Gasteiger partial charge in [0, 0.05) is 11.1 Å². The van der Waals surface area contributed by atoms with E-state index in [4.69, 9.17) is 0 Å². The Labute approximate surface area is 191 Å². The topological polar surface area (TPSA) is 0 Å². The summed E-state index contributed by atoms with van der Waals surface area (Å²) in [5.41, 5.74) is -7.95. The van der Waals surface area contributed by atoms with Crippen molar-refractivity contribution in [2.75, 3.05) is 0 Å². The molecule has 0 aliphatic heterocycles. The summed E-state index contributed by atoms with van der Waals surface area (Å²) < 4.78 is 146. The van der Waals surface area contributed by atoms with Gasteiger partial charge in [-0.2, -0.15) is 0 Å². The van der Waals surface area contributed by atoms with Crippen LogP contribution in [0.25, 0.3) is 0 Å². The molecule has 0 bridgehead atoms. The predicted molar refractivity (Wildman–Crippen MR) is 104 cm³/mol. The lowest BCUT2D eigenvalue weighted by atomic mass is 9.64. The Morgan fingerprint density at radius 3 is 0.800 bits per heavy atom. The van der Waals surface area contributed by atoms with Crippen LogP contribution in [0.15, 0.2) is 60.7 Å². The van der Waals surface area contributed by atoms with Gasteiger partial charge in [-0.25, -0.2) is 43.9 Å². The first-order chi connectivity index (χ1) is 16.6. The molecule has 0 fully saturated rings. The van der Waals surface area contributed by atoms with Crippen molar-refractivity contribution < 1.29 is 43.9 Å². The monoisotopic (exact) mass is 500 g/mol. The minimum Gasteiger partial charge on any atom is -0.203 e. The van der Waals surface area contributed by atoms with Crippen molar-refractivity contribution in [3.8, 4) is 0 Å². The number of benzene rings is 4. The second-order valence-corrected chi connectivity index (χ2v) is 7.37. The standard InChI is InChI=1S/C25H10F10/c26-15-13(16(27)20(31)23(34)19(15)30)25(11-7-3-1-4-8-11,12-9-5-2-6-10-12)14-17(28)21(32)24(35)22(33)18(14)29/h1-10H. The van der Waals surface area contributed by atoms with Gasteiger partial charge in [0.05, 0.1) is 5.41 Å². The Bertz CT molecular complexity index is 1260. The fourth-order valence-corrected chi connectivity index (χ4v) is 4.11. The van der Waals surface area contributed by atoms with E-state index in [2.05, 4.69) is 0 Å². The minimum absolute atomic E-state index is 0.544. The molecule has 4 rings (SSSR count). The third-order valence-electron chi connectivity index (χ3n) is 5.58. The largest absolute Gasteiger partial charge is 0.203 e. The van der Waals surface area contributed by atoms with Gasteiger partial charge >= 0.3 is 0 Å². The third kappa shape index (κ3) is 3.38. The molecule has 0 nitrogen and oxygen atoms in total. The summed E-state index contributed by atoms with van der Waals surface area (Å²) >= 11 is 0. The van der Waals surface area contributed by atoms with Gasteiger partial charge in [0.25, 0.3) is 0 Å². The molecule has 0 heterocycles. The van der Waals surface area contributed by atoms with Crippen molar-refractivity contribution in [3.05, 3.63) is 141 Å². The van der Waals surface area contributed by atoms with E-state index in [1.807, 2.05) is 0 Å². The average Bonchev–Trinajstić information content (AvgIpc) is 2.88. The Morgan fingerprint density at radius 2 is 0.543 bits per heavy atom. The fraction of sp³-hybridized carbons (Fsp3) is 0.0400. The first kappa shape index (κ1) is 24.3. The lowest BCUT2D eigenvalue weighted by Crippen LogP contribution is -2.37. The maximum atomic E-state index is 15.3. The zero-order valence-electron chi connectivity index (χ0n) is 17.1. The molecule has 0 saturated carbocycles. The number of halogens is 10. The van der Waals surface area contributed by atoms with Crippen LogP contribution in [-0.4, -0.2) is 0 Å². The van der Waals surface area contributed by atoms with E-state index in [-0.39, 0.29) is 0 Å². The van der Waals surface area contributed by atoms with Crippen LogP contribution in [-0.2, 0) is 5.41 Å². The van der Waals surface area contributed by atoms with Gasteiger partial charge in [0.2, 0.25) is 11.6 Å². The van der Waals surface area contributed by atoms with Crippen LogP contribution in [0.4, 0.5) is 43.9 Å². The van der Waals surface area contributed by atoms with E-state index in [9.17, 15) is 26.3 Å². The molecule has 0 aromatic heterocycles. The Hall–Kier alpha value is -3.82. The smallest absolute Gasteiger partial charge is 0.200 e. The Balaban J connectivity index is 2.41. The summed E-state index contributed by atoms with van der Waals surface area (Å²) in [5, 5.41) is 0. The van der Waals surface area contributed by atoms with Crippen LogP contribution in [0, 0.1) is 58.2 Å². The van der Waals surface area contributed by atoms with Crippen molar-refractivity contribution >= 4 is 0 Å². The van der Waals surface area contributed by atoms with E-state index in [0.29, 0.717) is 0 Å². The number of hydrogen-bond acceptors (Lipinski definition) is 0. The summed E-state index contributed by atoms with van der Waals surface area (Å²) in [6.07, 6.45) is 0. The zero-order chi connectivity index (χ0) is 25.7. The summed E-state index contributed by atoms with van der Waals surface area (Å²) in [6.45, 7) is 0. The predicted octanol–water partition coefficient (Wildman–Crippen LogP) is 7.46. The van der Waals surface area contributed by atoms with Gasteiger partial charge in [0.15, 0.2) is 46.5 Å². The van der Waals surface area contributed by atoms with E-state index < -0.39 is 85.8 Å². The van der Waals surface area contributed by atoms with E-state index in [1.54, 1.807) is 0 Å². The number of rotatable bonds is 4. The molecule has 4 aromatic rings. The van der Waals surface area contributed by atoms with Crippen molar-refractivity contribution in [1.29, 1.82) is 0 Å². The second-order valence-electron chi connectivity index (χ2n) is 7.37. The quantitative estimate of drug-likeness (QED) is 0.118. The van der Waals surface area contributed by atoms with Crippen LogP contribution >= 0.6 is 0 Å². The van der Waals surface area contributed by atoms with Gasteiger partial charge in [-0.1, -0.05) is 60.7 Å². The summed E-state index contributed by atoms with van der Waals surface area (Å²) in [5.74, 6) is -25.1. The highest BCUT2D eigenvalue weighted by Gasteiger charge is 2.50. The molecule has 0 unspecified atom stereocenters. The molecule has 4 aromatic carbocycles. The molecule has 0 radical (unpaired) electrons. The van der Waals surface area contributed by atoms with Crippen molar-refractivity contribution in [1.82, 2.24) is 0 Å². The first-order valence-electron chi connectivity index (χ1n) is 9.71. The molecule has 0 aliphatic carbocycles. The second kappa shape index (κ2) is 8.75. The Kier molecular flexibility index (Phi) is 6.08. The molecule has 35 heavy (non-hydrogen) atoms. The number of hydrogen-bond donors (Lipinski definition) is 0. The molecule has 0 N–H and O–H groups in total. The molecule has 0 spiro atoms. The fourth-order valence-electron chi connectivity index (χ4n) is 4.11. The van der Waals surface area contributed by atoms with Crippen LogP contribution < -0.4 is 0 Å². The zero-order valence-corrected chi connectivity index (χ0v) is 17.1. The highest BCUT2D eigenvalue weighted by molar-refractivity contribution is 5.61. The molecule has 10 heteroatoms. The summed E-state index contributed by atoms with van der Waals surface area (Å²) in [4.78, 5) is 0. The van der Waals surface area contributed by atoms with Crippen LogP contribution in [0.2, 0.25) is 0 Å². The normalized spacial score (nSPS) is 11.7. The summed E-state index contributed by atoms with van der Waals surface area (Å²) in [6, 6.07) is 11.4. The average molecular weight is 500 g/mol. The Morgan fingerprint density at radius 1 is 0.314 bits per heavy atom.